The number of hydrogen-bond acceptors (Lipinski definition) is 5. The number of piperidine rings is 1. The van der Waals surface area contributed by atoms with Gasteiger partial charge in [-0.15, -0.1) is 0 Å². The number of nitrogens with one attached hydrogen (secondary N) is 2. The molecule has 7 heteroatoms. The highest BCUT2D eigenvalue weighted by molar-refractivity contribution is 5.94. The first-order valence-electron chi connectivity index (χ1n) is 9.52. The van der Waals surface area contributed by atoms with Crippen LogP contribution in [-0.2, 0) is 0 Å². The Bertz CT molecular complexity index is 1100. The number of benzene rings is 2. The predicted octanol–water partition coefficient (Wildman–Crippen LogP) is 3.15. The summed E-state index contributed by atoms with van der Waals surface area (Å²) in [5.41, 5.74) is 1.57. The van der Waals surface area contributed by atoms with Crippen LogP contribution in [0.3, 0.4) is 0 Å². The number of carbonyl (C=O) groups excluding carboxylic acids is 1. The van der Waals surface area contributed by atoms with Gasteiger partial charge in [0.25, 0.3) is 5.91 Å². The Balaban J connectivity index is 1.35. The van der Waals surface area contributed by atoms with Gasteiger partial charge in [-0.05, 0) is 36.8 Å². The molecule has 1 aromatic heterocycles. The third kappa shape index (κ3) is 3.19. The molecule has 2 heterocycles. The Morgan fingerprint density at radius 3 is 2.83 bits per heavy atom. The fourth-order valence-electron chi connectivity index (χ4n) is 4.01. The Morgan fingerprint density at radius 2 is 2.03 bits per heavy atom. The molecule has 5 rings (SSSR count). The van der Waals surface area contributed by atoms with Crippen molar-refractivity contribution in [1.29, 1.82) is 5.26 Å². The second-order valence-electron chi connectivity index (χ2n) is 7.57. The molecule has 29 heavy (non-hydrogen) atoms. The summed E-state index contributed by atoms with van der Waals surface area (Å²) in [4.78, 5) is 14.4. The average Bonchev–Trinajstić information content (AvgIpc) is 3.10. The molecule has 2 fully saturated rings. The average molecular weight is 385 g/mol. The van der Waals surface area contributed by atoms with Crippen LogP contribution in [0, 0.1) is 17.4 Å². The molecule has 7 nitrogen and oxygen atoms in total. The number of ether oxygens (including phenoxy) is 1. The predicted molar refractivity (Wildman–Crippen MR) is 106 cm³/mol. The number of carbonyl (C=O) groups is 1. The van der Waals surface area contributed by atoms with Crippen LogP contribution in [-0.4, -0.2) is 39.6 Å². The van der Waals surface area contributed by atoms with Crippen LogP contribution in [0.5, 0.6) is 11.5 Å². The van der Waals surface area contributed by atoms with E-state index in [2.05, 4.69) is 21.7 Å². The first-order chi connectivity index (χ1) is 14.2. The normalized spacial score (nSPS) is 21.9. The third-order valence-corrected chi connectivity index (χ3v) is 5.61. The molecular formula is C22H19N5O2. The Hall–Kier alpha value is -3.79. The molecule has 0 spiro atoms. The first kappa shape index (κ1) is 17.3. The smallest absolute Gasteiger partial charge is 0.272 e. The quantitative estimate of drug-likeness (QED) is 0.658. The number of para-hydroxylation sites is 2. The maximum Gasteiger partial charge on any atom is 0.272 e. The Morgan fingerprint density at radius 1 is 1.24 bits per heavy atom. The van der Waals surface area contributed by atoms with Gasteiger partial charge in [-0.1, -0.05) is 30.3 Å². The fraction of sp³-hybridized carbons (Fsp3) is 0.227. The Labute approximate surface area is 167 Å². The summed E-state index contributed by atoms with van der Waals surface area (Å²) in [6, 6.07) is 18.9. The molecule has 1 saturated heterocycles. The van der Waals surface area contributed by atoms with Crippen LogP contribution < -0.4 is 10.1 Å². The number of nitriles is 1. The molecule has 0 bridgehead atoms. The number of hydrogen-bond donors (Lipinski definition) is 2. The lowest BCUT2D eigenvalue weighted by Crippen LogP contribution is -2.41. The second-order valence-corrected chi connectivity index (χ2v) is 7.57. The zero-order valence-corrected chi connectivity index (χ0v) is 15.6. The summed E-state index contributed by atoms with van der Waals surface area (Å²) < 4.78 is 6.00. The van der Waals surface area contributed by atoms with E-state index in [1.54, 1.807) is 11.0 Å². The highest BCUT2D eigenvalue weighted by Crippen LogP contribution is 2.49. The van der Waals surface area contributed by atoms with Crippen molar-refractivity contribution < 1.29 is 9.53 Å². The van der Waals surface area contributed by atoms with E-state index in [0.717, 1.165) is 17.7 Å². The summed E-state index contributed by atoms with van der Waals surface area (Å²) in [6.45, 7) is 1.29. The van der Waals surface area contributed by atoms with Crippen molar-refractivity contribution in [3.63, 3.8) is 0 Å². The number of fused-ring (bicyclic) bond motifs is 1. The van der Waals surface area contributed by atoms with E-state index in [-0.39, 0.29) is 11.4 Å². The van der Waals surface area contributed by atoms with Crippen molar-refractivity contribution in [2.45, 2.75) is 12.0 Å². The van der Waals surface area contributed by atoms with Gasteiger partial charge in [0.2, 0.25) is 0 Å². The summed E-state index contributed by atoms with van der Waals surface area (Å²) in [5.74, 6) is 1.54. The summed E-state index contributed by atoms with van der Waals surface area (Å²) in [5, 5.41) is 19.3. The van der Waals surface area contributed by atoms with Gasteiger partial charge in [0.15, 0.2) is 11.9 Å². The van der Waals surface area contributed by atoms with Gasteiger partial charge in [0, 0.05) is 18.0 Å². The number of amides is 1. The minimum absolute atomic E-state index is 0.226. The van der Waals surface area contributed by atoms with E-state index in [0.29, 0.717) is 36.1 Å². The zero-order chi connectivity index (χ0) is 19.8. The van der Waals surface area contributed by atoms with Crippen LogP contribution in [0.2, 0.25) is 0 Å². The molecule has 2 aromatic carbocycles. The summed E-state index contributed by atoms with van der Waals surface area (Å²) >= 11 is 0. The third-order valence-electron chi connectivity index (χ3n) is 5.61. The van der Waals surface area contributed by atoms with Crippen LogP contribution in [0.4, 0.5) is 0 Å². The van der Waals surface area contributed by atoms with E-state index >= 15 is 0 Å². The van der Waals surface area contributed by atoms with Gasteiger partial charge >= 0.3 is 0 Å². The monoisotopic (exact) mass is 385 g/mol. The van der Waals surface area contributed by atoms with Gasteiger partial charge in [-0.3, -0.25) is 9.89 Å². The number of likely N-dealkylation sites (tertiary alicyclic amines) is 1. The maximum absolute atomic E-state index is 12.7. The number of aromatic amines is 1. The van der Waals surface area contributed by atoms with E-state index in [9.17, 15) is 4.79 Å². The van der Waals surface area contributed by atoms with Crippen molar-refractivity contribution in [1.82, 2.24) is 20.4 Å². The van der Waals surface area contributed by atoms with Crippen molar-refractivity contribution in [3.8, 4) is 28.9 Å². The Kier molecular flexibility index (Phi) is 3.98. The minimum Gasteiger partial charge on any atom is -0.457 e. The molecule has 2 aliphatic rings. The lowest BCUT2D eigenvalue weighted by atomic mass is 10.1. The van der Waals surface area contributed by atoms with Crippen LogP contribution >= 0.6 is 0 Å². The minimum atomic E-state index is -0.278. The zero-order valence-electron chi connectivity index (χ0n) is 15.6. The van der Waals surface area contributed by atoms with E-state index in [4.69, 9.17) is 10.00 Å². The number of H-pyrrole nitrogens is 1. The largest absolute Gasteiger partial charge is 0.457 e. The van der Waals surface area contributed by atoms with Crippen molar-refractivity contribution in [3.05, 3.63) is 66.4 Å². The van der Waals surface area contributed by atoms with Crippen LogP contribution in [0.25, 0.3) is 11.3 Å². The molecule has 3 aromatic rings. The van der Waals surface area contributed by atoms with Crippen molar-refractivity contribution in [2.24, 2.45) is 5.92 Å². The molecule has 0 unspecified atom stereocenters. The lowest BCUT2D eigenvalue weighted by molar-refractivity contribution is 0.0924. The molecular weight excluding hydrogens is 366 g/mol. The van der Waals surface area contributed by atoms with Crippen LogP contribution in [0.1, 0.15) is 16.9 Å². The molecule has 2 atom stereocenters. The molecule has 1 aliphatic carbocycles. The highest BCUT2D eigenvalue weighted by Gasteiger charge is 2.61. The molecule has 2 N–H and O–H groups in total. The standard InChI is InChI=1S/C22H19N5O2/c23-14-27-12-15-11-22(15,13-27)24-21(28)19-10-18(25-26-19)17-8-4-5-9-20(17)29-16-6-2-1-3-7-16/h1-10,15H,11-13H2,(H,24,28)(H,25,26)/t15-,22-/m1/s1. The SMILES string of the molecule is N#CN1C[C@H]2C[C@@]2(NC(=O)c2cc(-c3ccccc3Oc3ccccc3)[nH]n2)C1. The molecule has 1 amide bonds. The van der Waals surface area contributed by atoms with Gasteiger partial charge in [-0.25, -0.2) is 0 Å². The summed E-state index contributed by atoms with van der Waals surface area (Å²) in [6.07, 6.45) is 3.08. The van der Waals surface area contributed by atoms with E-state index in [1.165, 1.54) is 0 Å². The summed E-state index contributed by atoms with van der Waals surface area (Å²) in [7, 11) is 0. The van der Waals surface area contributed by atoms with Crippen LogP contribution in [0.15, 0.2) is 60.7 Å². The topological polar surface area (TPSA) is 94.0 Å². The molecule has 144 valence electrons. The maximum atomic E-state index is 12.7. The number of aromatic nitrogens is 2. The van der Waals surface area contributed by atoms with Crippen molar-refractivity contribution >= 4 is 5.91 Å². The molecule has 1 saturated carbocycles. The fourth-order valence-corrected chi connectivity index (χ4v) is 4.01. The van der Waals surface area contributed by atoms with Gasteiger partial charge in [0.1, 0.15) is 11.5 Å². The second kappa shape index (κ2) is 6.67. The van der Waals surface area contributed by atoms with Crippen molar-refractivity contribution in [2.75, 3.05) is 13.1 Å². The molecule has 1 aliphatic heterocycles. The molecule has 0 radical (unpaired) electrons. The highest BCUT2D eigenvalue weighted by atomic mass is 16.5. The van der Waals surface area contributed by atoms with Gasteiger partial charge in [-0.2, -0.15) is 10.4 Å². The lowest BCUT2D eigenvalue weighted by Gasteiger charge is -2.16. The van der Waals surface area contributed by atoms with E-state index < -0.39 is 0 Å². The van der Waals surface area contributed by atoms with Gasteiger partial charge < -0.3 is 15.0 Å². The number of nitrogens with zero attached hydrogens (tertiary/aromatic N) is 3. The number of rotatable bonds is 5. The van der Waals surface area contributed by atoms with Gasteiger partial charge in [0.05, 0.1) is 17.8 Å². The first-order valence-corrected chi connectivity index (χ1v) is 9.52. The van der Waals surface area contributed by atoms with E-state index in [1.807, 2.05) is 54.6 Å².